The van der Waals surface area contributed by atoms with Gasteiger partial charge in [0.25, 0.3) is 5.91 Å². The Morgan fingerprint density at radius 2 is 2.10 bits per heavy atom. The standard InChI is InChI=1S/C15H15NO3S2/c1-9-10-4-2-3-5-11(10)21-12(9)13(17)16-15(14(18)19)6-7-20-8-15/h2-5H,6-8H2,1H3,(H,16,17)(H,18,19). The largest absolute Gasteiger partial charge is 0.479 e. The summed E-state index contributed by atoms with van der Waals surface area (Å²) < 4.78 is 1.05. The minimum Gasteiger partial charge on any atom is -0.479 e. The van der Waals surface area contributed by atoms with Gasteiger partial charge in [0, 0.05) is 10.5 Å². The molecule has 1 amide bonds. The lowest BCUT2D eigenvalue weighted by molar-refractivity contribution is -0.143. The van der Waals surface area contributed by atoms with Gasteiger partial charge in [-0.15, -0.1) is 11.3 Å². The molecule has 1 saturated heterocycles. The number of thioether (sulfide) groups is 1. The topological polar surface area (TPSA) is 66.4 Å². The van der Waals surface area contributed by atoms with Gasteiger partial charge in [-0.05, 0) is 36.1 Å². The summed E-state index contributed by atoms with van der Waals surface area (Å²) in [5.74, 6) is -0.0334. The Labute approximate surface area is 130 Å². The molecule has 1 atom stereocenters. The quantitative estimate of drug-likeness (QED) is 0.912. The molecule has 2 N–H and O–H groups in total. The van der Waals surface area contributed by atoms with Crippen LogP contribution in [-0.4, -0.2) is 34.0 Å². The Hall–Kier alpha value is -1.53. The highest BCUT2D eigenvalue weighted by atomic mass is 32.2. The number of carbonyl (C=O) groups excluding carboxylic acids is 1. The number of hydrogen-bond acceptors (Lipinski definition) is 4. The van der Waals surface area contributed by atoms with Gasteiger partial charge >= 0.3 is 5.97 Å². The molecular weight excluding hydrogens is 306 g/mol. The van der Waals surface area contributed by atoms with Gasteiger partial charge in [0.1, 0.15) is 5.54 Å². The van der Waals surface area contributed by atoms with E-state index in [1.54, 1.807) is 11.8 Å². The summed E-state index contributed by atoms with van der Waals surface area (Å²) in [6.45, 7) is 1.91. The van der Waals surface area contributed by atoms with Crippen LogP contribution in [0, 0.1) is 6.92 Å². The maximum Gasteiger partial charge on any atom is 0.330 e. The molecule has 1 aliphatic heterocycles. The fourth-order valence-electron chi connectivity index (χ4n) is 2.55. The van der Waals surface area contributed by atoms with Crippen molar-refractivity contribution in [3.63, 3.8) is 0 Å². The third-order valence-electron chi connectivity index (χ3n) is 3.83. The van der Waals surface area contributed by atoms with E-state index in [1.807, 2.05) is 31.2 Å². The summed E-state index contributed by atoms with van der Waals surface area (Å²) >= 11 is 2.98. The van der Waals surface area contributed by atoms with Gasteiger partial charge in [-0.3, -0.25) is 4.79 Å². The number of aryl methyl sites for hydroxylation is 1. The number of thiophene rings is 1. The number of amides is 1. The van der Waals surface area contributed by atoms with Gasteiger partial charge in [0.05, 0.1) is 4.88 Å². The molecule has 6 heteroatoms. The van der Waals surface area contributed by atoms with E-state index in [4.69, 9.17) is 0 Å². The minimum atomic E-state index is -1.12. The fourth-order valence-corrected chi connectivity index (χ4v) is 4.98. The van der Waals surface area contributed by atoms with Crippen LogP contribution in [0.4, 0.5) is 0 Å². The van der Waals surface area contributed by atoms with Crippen LogP contribution in [0.25, 0.3) is 10.1 Å². The smallest absolute Gasteiger partial charge is 0.330 e. The molecule has 2 aromatic rings. The van der Waals surface area contributed by atoms with Crippen molar-refractivity contribution < 1.29 is 14.7 Å². The Bertz CT molecular complexity index is 717. The number of carbonyl (C=O) groups is 2. The summed E-state index contributed by atoms with van der Waals surface area (Å²) in [6, 6.07) is 7.83. The molecule has 1 aromatic heterocycles. The molecule has 0 bridgehead atoms. The highest BCUT2D eigenvalue weighted by molar-refractivity contribution is 7.99. The third kappa shape index (κ3) is 2.42. The molecule has 110 valence electrons. The monoisotopic (exact) mass is 321 g/mol. The lowest BCUT2D eigenvalue weighted by Crippen LogP contribution is -2.54. The van der Waals surface area contributed by atoms with E-state index in [0.29, 0.717) is 17.1 Å². The van der Waals surface area contributed by atoms with Crippen molar-refractivity contribution >= 4 is 45.1 Å². The van der Waals surface area contributed by atoms with Gasteiger partial charge in [-0.2, -0.15) is 11.8 Å². The number of fused-ring (bicyclic) bond motifs is 1. The number of nitrogens with one attached hydrogen (secondary N) is 1. The fraction of sp³-hybridized carbons (Fsp3) is 0.333. The van der Waals surface area contributed by atoms with Gasteiger partial charge in [-0.1, -0.05) is 18.2 Å². The van der Waals surface area contributed by atoms with Crippen molar-refractivity contribution in [1.29, 1.82) is 0 Å². The number of rotatable bonds is 3. The molecule has 1 aromatic carbocycles. The van der Waals surface area contributed by atoms with E-state index >= 15 is 0 Å². The van der Waals surface area contributed by atoms with Crippen LogP contribution >= 0.6 is 23.1 Å². The summed E-state index contributed by atoms with van der Waals surface area (Å²) in [7, 11) is 0. The summed E-state index contributed by atoms with van der Waals surface area (Å²) in [6.07, 6.45) is 0.475. The molecule has 3 rings (SSSR count). The molecular formula is C15H15NO3S2. The Morgan fingerprint density at radius 1 is 1.33 bits per heavy atom. The second-order valence-corrected chi connectivity index (χ2v) is 7.35. The van der Waals surface area contributed by atoms with E-state index in [-0.39, 0.29) is 5.91 Å². The van der Waals surface area contributed by atoms with Crippen molar-refractivity contribution in [3.05, 3.63) is 34.7 Å². The second-order valence-electron chi connectivity index (χ2n) is 5.20. The summed E-state index contributed by atoms with van der Waals surface area (Å²) in [5, 5.41) is 13.3. The Balaban J connectivity index is 1.94. The lowest BCUT2D eigenvalue weighted by atomic mass is 9.99. The number of carboxylic acid groups (broad SMARTS) is 1. The average Bonchev–Trinajstić information content (AvgIpc) is 3.05. The maximum atomic E-state index is 12.5. The highest BCUT2D eigenvalue weighted by Gasteiger charge is 2.43. The molecule has 1 aliphatic rings. The van der Waals surface area contributed by atoms with Crippen molar-refractivity contribution in [2.45, 2.75) is 18.9 Å². The van der Waals surface area contributed by atoms with Gasteiger partial charge in [0.2, 0.25) is 0 Å². The highest BCUT2D eigenvalue weighted by Crippen LogP contribution is 2.33. The molecule has 0 radical (unpaired) electrons. The van der Waals surface area contributed by atoms with Gasteiger partial charge in [0.15, 0.2) is 0 Å². The predicted molar refractivity (Wildman–Crippen MR) is 86.3 cm³/mol. The number of carboxylic acids is 1. The SMILES string of the molecule is Cc1c(C(=O)NC2(C(=O)O)CCSC2)sc2ccccc12. The lowest BCUT2D eigenvalue weighted by Gasteiger charge is -2.24. The van der Waals surface area contributed by atoms with E-state index < -0.39 is 11.5 Å². The van der Waals surface area contributed by atoms with E-state index in [9.17, 15) is 14.7 Å². The first-order chi connectivity index (χ1) is 10.0. The molecule has 1 fully saturated rings. The van der Waals surface area contributed by atoms with E-state index in [0.717, 1.165) is 21.4 Å². The van der Waals surface area contributed by atoms with Crippen LogP contribution in [0.3, 0.4) is 0 Å². The van der Waals surface area contributed by atoms with Crippen molar-refractivity contribution in [1.82, 2.24) is 5.32 Å². The summed E-state index contributed by atoms with van der Waals surface area (Å²) in [4.78, 5) is 24.7. The first kappa shape index (κ1) is 14.4. The number of aliphatic carboxylic acids is 1. The molecule has 0 aliphatic carbocycles. The number of hydrogen-bond donors (Lipinski definition) is 2. The van der Waals surface area contributed by atoms with Crippen LogP contribution in [0.2, 0.25) is 0 Å². The molecule has 0 spiro atoms. The molecule has 1 unspecified atom stereocenters. The van der Waals surface area contributed by atoms with E-state index in [1.165, 1.54) is 11.3 Å². The van der Waals surface area contributed by atoms with Crippen molar-refractivity contribution in [2.24, 2.45) is 0 Å². The predicted octanol–water partition coefficient (Wildman–Crippen LogP) is 2.90. The van der Waals surface area contributed by atoms with Crippen LogP contribution in [-0.2, 0) is 4.79 Å². The molecule has 4 nitrogen and oxygen atoms in total. The zero-order valence-electron chi connectivity index (χ0n) is 11.5. The van der Waals surface area contributed by atoms with Crippen LogP contribution in [0.15, 0.2) is 24.3 Å². The zero-order valence-corrected chi connectivity index (χ0v) is 13.1. The first-order valence-electron chi connectivity index (χ1n) is 6.65. The molecule has 21 heavy (non-hydrogen) atoms. The summed E-state index contributed by atoms with van der Waals surface area (Å²) in [5.41, 5.74) is -0.205. The van der Waals surface area contributed by atoms with Crippen molar-refractivity contribution in [3.8, 4) is 0 Å². The minimum absolute atomic E-state index is 0.279. The van der Waals surface area contributed by atoms with Crippen LogP contribution in [0.1, 0.15) is 21.7 Å². The normalized spacial score (nSPS) is 21.6. The third-order valence-corrected chi connectivity index (χ3v) is 6.30. The first-order valence-corrected chi connectivity index (χ1v) is 8.62. The maximum absolute atomic E-state index is 12.5. The molecule has 0 saturated carbocycles. The zero-order chi connectivity index (χ0) is 15.0. The second kappa shape index (κ2) is 5.35. The average molecular weight is 321 g/mol. The Morgan fingerprint density at radius 3 is 2.71 bits per heavy atom. The van der Waals surface area contributed by atoms with Gasteiger partial charge < -0.3 is 10.4 Å². The van der Waals surface area contributed by atoms with Crippen LogP contribution < -0.4 is 5.32 Å². The van der Waals surface area contributed by atoms with Crippen LogP contribution in [0.5, 0.6) is 0 Å². The number of benzene rings is 1. The molecule has 2 heterocycles. The van der Waals surface area contributed by atoms with E-state index in [2.05, 4.69) is 5.32 Å². The van der Waals surface area contributed by atoms with Gasteiger partial charge in [-0.25, -0.2) is 4.79 Å². The van der Waals surface area contributed by atoms with Crippen molar-refractivity contribution in [2.75, 3.05) is 11.5 Å². The Kier molecular flexibility index (Phi) is 3.67.